The van der Waals surface area contributed by atoms with Gasteiger partial charge in [0.25, 0.3) is 5.91 Å². The van der Waals surface area contributed by atoms with E-state index in [1.807, 2.05) is 4.90 Å². The molecule has 0 aromatic carbocycles. The average molecular weight is 393 g/mol. The van der Waals surface area contributed by atoms with Crippen molar-refractivity contribution < 1.29 is 14.3 Å². The topological polar surface area (TPSA) is 82.9 Å². The molecule has 9 heteroatoms. The number of hydrogen-bond acceptors (Lipinski definition) is 5. The van der Waals surface area contributed by atoms with Crippen LogP contribution in [0.4, 0.5) is 4.79 Å². The third-order valence-corrected chi connectivity index (χ3v) is 5.55. The highest BCUT2D eigenvalue weighted by atomic mass is 16.5. The number of likely N-dealkylation sites (tertiary alicyclic amines) is 1. The summed E-state index contributed by atoms with van der Waals surface area (Å²) in [6.07, 6.45) is 4.71. The zero-order valence-corrected chi connectivity index (χ0v) is 17.1. The Hall–Kier alpha value is -2.13. The molecule has 0 radical (unpaired) electrons. The average Bonchev–Trinajstić information content (AvgIpc) is 3.34. The second-order valence-corrected chi connectivity index (χ2v) is 7.78. The van der Waals surface area contributed by atoms with Gasteiger partial charge in [-0.2, -0.15) is 5.10 Å². The Balaban J connectivity index is 1.58. The first-order valence-electron chi connectivity index (χ1n) is 10.0. The fraction of sp³-hybridized carbons (Fsp3) is 0.737. The maximum Gasteiger partial charge on any atom is 0.319 e. The van der Waals surface area contributed by atoms with Crippen molar-refractivity contribution in [2.24, 2.45) is 7.05 Å². The van der Waals surface area contributed by atoms with Crippen molar-refractivity contribution in [3.05, 3.63) is 18.0 Å². The lowest BCUT2D eigenvalue weighted by Crippen LogP contribution is -2.50. The number of aromatic nitrogens is 2. The highest BCUT2D eigenvalue weighted by Crippen LogP contribution is 2.23. The van der Waals surface area contributed by atoms with Gasteiger partial charge in [-0.25, -0.2) is 4.79 Å². The van der Waals surface area contributed by atoms with Gasteiger partial charge in [-0.1, -0.05) is 0 Å². The smallest absolute Gasteiger partial charge is 0.319 e. The van der Waals surface area contributed by atoms with Crippen LogP contribution in [0.3, 0.4) is 0 Å². The van der Waals surface area contributed by atoms with Gasteiger partial charge >= 0.3 is 6.03 Å². The van der Waals surface area contributed by atoms with Crippen LogP contribution in [-0.2, 0) is 11.8 Å². The second kappa shape index (κ2) is 9.38. The van der Waals surface area contributed by atoms with E-state index in [0.717, 1.165) is 52.1 Å². The predicted molar refractivity (Wildman–Crippen MR) is 105 cm³/mol. The molecule has 156 valence electrons. The number of ether oxygens (including phenoxy) is 1. The van der Waals surface area contributed by atoms with Gasteiger partial charge in [-0.3, -0.25) is 14.4 Å². The van der Waals surface area contributed by atoms with Crippen molar-refractivity contribution in [2.75, 3.05) is 53.5 Å². The monoisotopic (exact) mass is 392 g/mol. The number of carbonyl (C=O) groups excluding carboxylic acids is 2. The van der Waals surface area contributed by atoms with E-state index in [-0.39, 0.29) is 11.9 Å². The molecule has 1 N–H and O–H groups in total. The summed E-state index contributed by atoms with van der Waals surface area (Å²) < 4.78 is 7.15. The number of carbonyl (C=O) groups is 2. The van der Waals surface area contributed by atoms with Gasteiger partial charge < -0.3 is 19.9 Å². The number of aryl methyl sites for hydroxylation is 1. The number of hydrogen-bond donors (Lipinski definition) is 1. The lowest BCUT2D eigenvalue weighted by Gasteiger charge is -2.38. The molecular weight excluding hydrogens is 360 g/mol. The summed E-state index contributed by atoms with van der Waals surface area (Å²) in [6.45, 7) is 4.39. The van der Waals surface area contributed by atoms with Crippen LogP contribution >= 0.6 is 0 Å². The van der Waals surface area contributed by atoms with Crippen LogP contribution in [0.15, 0.2) is 12.3 Å². The zero-order chi connectivity index (χ0) is 20.1. The summed E-state index contributed by atoms with van der Waals surface area (Å²) >= 11 is 0. The quantitative estimate of drug-likeness (QED) is 0.757. The molecule has 2 saturated heterocycles. The molecule has 1 unspecified atom stereocenters. The highest BCUT2D eigenvalue weighted by molar-refractivity contribution is 5.92. The van der Waals surface area contributed by atoms with Crippen LogP contribution < -0.4 is 5.32 Å². The van der Waals surface area contributed by atoms with E-state index in [2.05, 4.69) is 15.3 Å². The molecule has 0 spiro atoms. The minimum atomic E-state index is -0.150. The first-order chi connectivity index (χ1) is 13.5. The number of nitrogens with zero attached hydrogens (tertiary/aromatic N) is 5. The van der Waals surface area contributed by atoms with E-state index in [9.17, 15) is 9.59 Å². The minimum absolute atomic E-state index is 0.0675. The molecule has 1 aromatic rings. The van der Waals surface area contributed by atoms with E-state index in [4.69, 9.17) is 4.74 Å². The molecule has 2 aliphatic heterocycles. The summed E-state index contributed by atoms with van der Waals surface area (Å²) in [6, 6.07) is 2.53. The predicted octanol–water partition coefficient (Wildman–Crippen LogP) is 0.387. The normalized spacial score (nSPS) is 20.6. The summed E-state index contributed by atoms with van der Waals surface area (Å²) in [5.41, 5.74) is 0.434. The Labute approximate surface area is 166 Å². The Bertz CT molecular complexity index is 670. The van der Waals surface area contributed by atoms with Crippen molar-refractivity contribution in [1.82, 2.24) is 29.8 Å². The highest BCUT2D eigenvalue weighted by Gasteiger charge is 2.34. The van der Waals surface area contributed by atoms with Crippen LogP contribution in [0.1, 0.15) is 29.8 Å². The van der Waals surface area contributed by atoms with Gasteiger partial charge in [0.05, 0.1) is 0 Å². The Morgan fingerprint density at radius 3 is 2.64 bits per heavy atom. The van der Waals surface area contributed by atoms with Crippen LogP contribution in [0.2, 0.25) is 0 Å². The van der Waals surface area contributed by atoms with Crippen molar-refractivity contribution in [3.8, 4) is 0 Å². The maximum absolute atomic E-state index is 12.3. The fourth-order valence-electron chi connectivity index (χ4n) is 4.07. The Morgan fingerprint density at radius 1 is 1.25 bits per heavy atom. The molecule has 1 aromatic heterocycles. The lowest BCUT2D eigenvalue weighted by atomic mass is 10.0. The summed E-state index contributed by atoms with van der Waals surface area (Å²) in [4.78, 5) is 30.6. The van der Waals surface area contributed by atoms with E-state index in [1.165, 1.54) is 0 Å². The van der Waals surface area contributed by atoms with Crippen molar-refractivity contribution in [2.45, 2.75) is 31.3 Å². The molecule has 3 rings (SSSR count). The van der Waals surface area contributed by atoms with E-state index in [1.54, 1.807) is 43.0 Å². The molecule has 3 heterocycles. The number of nitrogens with one attached hydrogen (secondary N) is 1. The SMILES string of the molecule is CN(C)C(=O)N1CCC(N(CCNC(=O)c2ccn(C)n2)C2CCOCC2)C1. The van der Waals surface area contributed by atoms with Crippen LogP contribution in [0, 0.1) is 0 Å². The Morgan fingerprint density at radius 2 is 2.00 bits per heavy atom. The minimum Gasteiger partial charge on any atom is -0.381 e. The molecule has 28 heavy (non-hydrogen) atoms. The van der Waals surface area contributed by atoms with Gasteiger partial charge in [-0.15, -0.1) is 0 Å². The molecule has 3 amide bonds. The van der Waals surface area contributed by atoms with Gasteiger partial charge in [0.15, 0.2) is 0 Å². The van der Waals surface area contributed by atoms with Gasteiger partial charge in [-0.05, 0) is 25.3 Å². The van der Waals surface area contributed by atoms with Gasteiger partial charge in [0.2, 0.25) is 0 Å². The van der Waals surface area contributed by atoms with Crippen LogP contribution in [0.5, 0.6) is 0 Å². The molecular formula is C19H32N6O3. The summed E-state index contributed by atoms with van der Waals surface area (Å²) in [5.74, 6) is -0.150. The molecule has 1 atom stereocenters. The largest absolute Gasteiger partial charge is 0.381 e. The third-order valence-electron chi connectivity index (χ3n) is 5.55. The van der Waals surface area contributed by atoms with E-state index >= 15 is 0 Å². The summed E-state index contributed by atoms with van der Waals surface area (Å²) in [7, 11) is 5.38. The Kier molecular flexibility index (Phi) is 6.90. The molecule has 0 bridgehead atoms. The second-order valence-electron chi connectivity index (χ2n) is 7.78. The molecule has 2 aliphatic rings. The third kappa shape index (κ3) is 5.02. The van der Waals surface area contributed by atoms with Crippen molar-refractivity contribution in [1.29, 1.82) is 0 Å². The van der Waals surface area contributed by atoms with E-state index in [0.29, 0.717) is 24.3 Å². The molecule has 0 saturated carbocycles. The maximum atomic E-state index is 12.3. The van der Waals surface area contributed by atoms with Gasteiger partial charge in [0, 0.05) is 78.8 Å². The van der Waals surface area contributed by atoms with Crippen molar-refractivity contribution in [3.63, 3.8) is 0 Å². The van der Waals surface area contributed by atoms with E-state index < -0.39 is 0 Å². The fourth-order valence-corrected chi connectivity index (χ4v) is 4.07. The standard InChI is InChI=1S/C19H32N6O3/c1-22(2)19(27)24-10-4-16(14-24)25(15-6-12-28-13-7-15)11-8-20-18(26)17-5-9-23(3)21-17/h5,9,15-16H,4,6-8,10-14H2,1-3H3,(H,20,26). The van der Waals surface area contributed by atoms with Crippen LogP contribution in [0.25, 0.3) is 0 Å². The first-order valence-corrected chi connectivity index (χ1v) is 10.0. The first kappa shape index (κ1) is 20.6. The van der Waals surface area contributed by atoms with Crippen molar-refractivity contribution >= 4 is 11.9 Å². The summed E-state index contributed by atoms with van der Waals surface area (Å²) in [5, 5.41) is 7.13. The molecule has 0 aliphatic carbocycles. The lowest BCUT2D eigenvalue weighted by molar-refractivity contribution is 0.0188. The number of amides is 3. The number of urea groups is 1. The van der Waals surface area contributed by atoms with Crippen LogP contribution in [-0.4, -0.2) is 102 Å². The number of rotatable bonds is 6. The molecule has 9 nitrogen and oxygen atoms in total. The van der Waals surface area contributed by atoms with Gasteiger partial charge in [0.1, 0.15) is 5.69 Å². The zero-order valence-electron chi connectivity index (χ0n) is 17.1. The molecule has 2 fully saturated rings.